The van der Waals surface area contributed by atoms with Gasteiger partial charge in [0.15, 0.2) is 0 Å². The monoisotopic (exact) mass is 279 g/mol. The molecule has 1 aliphatic carbocycles. The second-order valence-electron chi connectivity index (χ2n) is 6.54. The van der Waals surface area contributed by atoms with Crippen molar-refractivity contribution in [3.63, 3.8) is 0 Å². The number of thiophene rings is 1. The highest BCUT2D eigenvalue weighted by atomic mass is 32.1. The van der Waals surface area contributed by atoms with Crippen molar-refractivity contribution in [1.29, 1.82) is 0 Å². The zero-order valence-corrected chi connectivity index (χ0v) is 13.5. The first-order valence-electron chi connectivity index (χ1n) is 7.88. The van der Waals surface area contributed by atoms with Crippen LogP contribution in [-0.2, 0) is 6.42 Å². The van der Waals surface area contributed by atoms with Gasteiger partial charge in [0.25, 0.3) is 0 Å². The van der Waals surface area contributed by atoms with Crippen LogP contribution in [0.5, 0.6) is 0 Å². The zero-order chi connectivity index (χ0) is 13.7. The Hall–Kier alpha value is -0.340. The fourth-order valence-electron chi connectivity index (χ4n) is 3.90. The van der Waals surface area contributed by atoms with E-state index in [-0.39, 0.29) is 0 Å². The topological polar surface area (TPSA) is 12.0 Å². The number of hydrogen-bond donors (Lipinski definition) is 1. The van der Waals surface area contributed by atoms with Gasteiger partial charge in [-0.2, -0.15) is 0 Å². The van der Waals surface area contributed by atoms with Gasteiger partial charge in [-0.15, -0.1) is 11.3 Å². The second kappa shape index (κ2) is 7.44. The molecule has 1 fully saturated rings. The summed E-state index contributed by atoms with van der Waals surface area (Å²) in [6, 6.07) is 5.16. The second-order valence-corrected chi connectivity index (χ2v) is 7.58. The third-order valence-electron chi connectivity index (χ3n) is 4.67. The molecular formula is C17H29NS. The van der Waals surface area contributed by atoms with Gasteiger partial charge in [0, 0.05) is 10.9 Å². The van der Waals surface area contributed by atoms with E-state index >= 15 is 0 Å². The van der Waals surface area contributed by atoms with E-state index in [1.54, 1.807) is 4.88 Å². The molecule has 2 heteroatoms. The van der Waals surface area contributed by atoms with Gasteiger partial charge in [-0.1, -0.05) is 19.9 Å². The number of hydrogen-bond acceptors (Lipinski definition) is 2. The molecule has 19 heavy (non-hydrogen) atoms. The van der Waals surface area contributed by atoms with Crippen molar-refractivity contribution in [3.05, 3.63) is 22.4 Å². The lowest BCUT2D eigenvalue weighted by Gasteiger charge is -2.36. The lowest BCUT2D eigenvalue weighted by Crippen LogP contribution is -2.37. The number of rotatable bonds is 6. The fraction of sp³-hybridized carbons (Fsp3) is 0.765. The van der Waals surface area contributed by atoms with Crippen molar-refractivity contribution in [2.75, 3.05) is 7.05 Å². The maximum atomic E-state index is 3.60. The number of nitrogens with one attached hydrogen (secondary N) is 1. The molecule has 0 saturated heterocycles. The van der Waals surface area contributed by atoms with Gasteiger partial charge in [0.05, 0.1) is 0 Å². The van der Waals surface area contributed by atoms with Gasteiger partial charge < -0.3 is 5.32 Å². The maximum absolute atomic E-state index is 3.60. The minimum absolute atomic E-state index is 0.727. The Kier molecular flexibility index (Phi) is 5.90. The Morgan fingerprint density at radius 2 is 2.00 bits per heavy atom. The van der Waals surface area contributed by atoms with E-state index in [2.05, 4.69) is 43.7 Å². The van der Waals surface area contributed by atoms with Gasteiger partial charge in [-0.3, -0.25) is 0 Å². The van der Waals surface area contributed by atoms with Crippen molar-refractivity contribution >= 4 is 11.3 Å². The summed E-state index contributed by atoms with van der Waals surface area (Å²) in [4.78, 5) is 1.54. The molecule has 1 aromatic rings. The predicted octanol–water partition coefficient (Wildman–Crippen LogP) is 4.73. The summed E-state index contributed by atoms with van der Waals surface area (Å²) < 4.78 is 0. The molecule has 3 unspecified atom stereocenters. The molecule has 108 valence electrons. The van der Waals surface area contributed by atoms with Crippen LogP contribution in [0.4, 0.5) is 0 Å². The van der Waals surface area contributed by atoms with E-state index in [1.165, 1.54) is 38.5 Å². The summed E-state index contributed by atoms with van der Waals surface area (Å²) in [7, 11) is 2.15. The van der Waals surface area contributed by atoms with Crippen LogP contribution in [0.15, 0.2) is 17.5 Å². The maximum Gasteiger partial charge on any atom is 0.00926 e. The summed E-state index contributed by atoms with van der Waals surface area (Å²) in [6.45, 7) is 4.86. The van der Waals surface area contributed by atoms with Crippen molar-refractivity contribution < 1.29 is 0 Å². The Morgan fingerprint density at radius 1 is 1.26 bits per heavy atom. The van der Waals surface area contributed by atoms with Crippen molar-refractivity contribution in [2.24, 2.45) is 17.8 Å². The molecule has 1 N–H and O–H groups in total. The molecule has 2 rings (SSSR count). The first kappa shape index (κ1) is 15.1. The molecule has 0 aliphatic heterocycles. The first-order valence-corrected chi connectivity index (χ1v) is 8.76. The molecule has 1 saturated carbocycles. The molecule has 0 amide bonds. The highest BCUT2D eigenvalue weighted by Gasteiger charge is 2.28. The van der Waals surface area contributed by atoms with E-state index in [4.69, 9.17) is 0 Å². The van der Waals surface area contributed by atoms with Crippen LogP contribution in [0.3, 0.4) is 0 Å². The van der Waals surface area contributed by atoms with E-state index in [9.17, 15) is 0 Å². The van der Waals surface area contributed by atoms with Crippen molar-refractivity contribution in [1.82, 2.24) is 5.32 Å². The minimum atomic E-state index is 0.727. The summed E-state index contributed by atoms with van der Waals surface area (Å²) in [5.74, 6) is 2.73. The lowest BCUT2D eigenvalue weighted by atomic mass is 9.73. The van der Waals surface area contributed by atoms with Crippen LogP contribution in [0.1, 0.15) is 50.8 Å². The van der Waals surface area contributed by atoms with Crippen LogP contribution in [0.25, 0.3) is 0 Å². The lowest BCUT2D eigenvalue weighted by molar-refractivity contribution is 0.174. The fourth-order valence-corrected chi connectivity index (χ4v) is 4.66. The van der Waals surface area contributed by atoms with E-state index in [0.717, 1.165) is 23.8 Å². The van der Waals surface area contributed by atoms with Gasteiger partial charge in [0.1, 0.15) is 0 Å². The standard InChI is InChI=1S/C17H29NS/c1-13-10-14(2)12-15(11-13)17(18-3)8-4-6-16-7-5-9-19-16/h5,7,9,13-15,17-18H,4,6,8,10-12H2,1-3H3. The number of aryl methyl sites for hydroxylation is 1. The highest BCUT2D eigenvalue weighted by molar-refractivity contribution is 7.09. The van der Waals surface area contributed by atoms with Crippen LogP contribution in [-0.4, -0.2) is 13.1 Å². The summed E-state index contributed by atoms with van der Waals surface area (Å²) in [5.41, 5.74) is 0. The smallest absolute Gasteiger partial charge is 0.00926 e. The SMILES string of the molecule is CNC(CCCc1cccs1)C1CC(C)CC(C)C1. The molecule has 1 nitrogen and oxygen atoms in total. The largest absolute Gasteiger partial charge is 0.317 e. The molecule has 0 aromatic carbocycles. The first-order chi connectivity index (χ1) is 9.19. The van der Waals surface area contributed by atoms with Crippen LogP contribution in [0.2, 0.25) is 0 Å². The summed E-state index contributed by atoms with van der Waals surface area (Å²) >= 11 is 1.90. The molecule has 1 aromatic heterocycles. The van der Waals surface area contributed by atoms with Gasteiger partial charge in [-0.05, 0) is 74.8 Å². The molecule has 0 spiro atoms. The molecule has 0 bridgehead atoms. The van der Waals surface area contributed by atoms with Crippen LogP contribution in [0, 0.1) is 17.8 Å². The molecule has 1 heterocycles. The average molecular weight is 279 g/mol. The van der Waals surface area contributed by atoms with Crippen LogP contribution >= 0.6 is 11.3 Å². The summed E-state index contributed by atoms with van der Waals surface area (Å²) in [5, 5.41) is 5.79. The van der Waals surface area contributed by atoms with Crippen molar-refractivity contribution in [2.45, 2.75) is 58.4 Å². The normalized spacial score (nSPS) is 29.3. The predicted molar refractivity (Wildman–Crippen MR) is 85.8 cm³/mol. The molecular weight excluding hydrogens is 250 g/mol. The van der Waals surface area contributed by atoms with Crippen molar-refractivity contribution in [3.8, 4) is 0 Å². The molecule has 1 aliphatic rings. The Labute approximate surface area is 122 Å². The van der Waals surface area contributed by atoms with E-state index < -0.39 is 0 Å². The molecule has 3 atom stereocenters. The van der Waals surface area contributed by atoms with E-state index in [1.807, 2.05) is 11.3 Å². The third kappa shape index (κ3) is 4.61. The Morgan fingerprint density at radius 3 is 2.58 bits per heavy atom. The van der Waals surface area contributed by atoms with Gasteiger partial charge >= 0.3 is 0 Å². The van der Waals surface area contributed by atoms with Gasteiger partial charge in [-0.25, -0.2) is 0 Å². The Balaban J connectivity index is 1.78. The zero-order valence-electron chi connectivity index (χ0n) is 12.7. The molecule has 0 radical (unpaired) electrons. The minimum Gasteiger partial charge on any atom is -0.317 e. The highest BCUT2D eigenvalue weighted by Crippen LogP contribution is 2.35. The summed E-state index contributed by atoms with van der Waals surface area (Å²) in [6.07, 6.45) is 8.20. The van der Waals surface area contributed by atoms with Crippen LogP contribution < -0.4 is 5.32 Å². The van der Waals surface area contributed by atoms with Gasteiger partial charge in [0.2, 0.25) is 0 Å². The Bertz CT molecular complexity index is 336. The van der Waals surface area contributed by atoms with E-state index in [0.29, 0.717) is 0 Å². The third-order valence-corrected chi connectivity index (χ3v) is 5.61. The average Bonchev–Trinajstić information content (AvgIpc) is 2.86. The quantitative estimate of drug-likeness (QED) is 0.793.